The highest BCUT2D eigenvalue weighted by molar-refractivity contribution is 6.29. The van der Waals surface area contributed by atoms with Crippen molar-refractivity contribution in [2.75, 3.05) is 0 Å². The fourth-order valence-corrected chi connectivity index (χ4v) is 1.09. The van der Waals surface area contributed by atoms with E-state index in [-0.39, 0.29) is 10.7 Å². The van der Waals surface area contributed by atoms with E-state index in [0.29, 0.717) is 5.82 Å². The van der Waals surface area contributed by atoms with Crippen molar-refractivity contribution in [2.45, 2.75) is 0 Å². The topological polar surface area (TPSA) is 80.9 Å². The van der Waals surface area contributed by atoms with Gasteiger partial charge in [0.2, 0.25) is 0 Å². The van der Waals surface area contributed by atoms with Gasteiger partial charge in [-0.15, -0.1) is 10.2 Å². The summed E-state index contributed by atoms with van der Waals surface area (Å²) in [6.07, 6.45) is 2.58. The van der Waals surface area contributed by atoms with Crippen molar-refractivity contribution >= 4 is 17.6 Å². The average molecular weight is 225 g/mol. The van der Waals surface area contributed by atoms with E-state index in [1.54, 1.807) is 12.1 Å². The Kier molecular flexibility index (Phi) is 2.34. The van der Waals surface area contributed by atoms with E-state index in [2.05, 4.69) is 15.3 Å². The summed E-state index contributed by atoms with van der Waals surface area (Å²) in [6.45, 7) is 0. The monoisotopic (exact) mass is 224 g/mol. The third-order valence-electron chi connectivity index (χ3n) is 1.68. The molecule has 0 amide bonds. The first-order chi connectivity index (χ1) is 7.16. The van der Waals surface area contributed by atoms with Crippen LogP contribution in [0.15, 0.2) is 24.5 Å². The first-order valence-corrected chi connectivity index (χ1v) is 4.32. The van der Waals surface area contributed by atoms with Crippen LogP contribution in [0.1, 0.15) is 10.4 Å². The summed E-state index contributed by atoms with van der Waals surface area (Å²) in [4.78, 5) is 10.6. The fourth-order valence-electron chi connectivity index (χ4n) is 0.990. The van der Waals surface area contributed by atoms with Gasteiger partial charge in [0.25, 0.3) is 0 Å². The molecule has 0 saturated heterocycles. The zero-order chi connectivity index (χ0) is 10.8. The maximum absolute atomic E-state index is 10.6. The van der Waals surface area contributed by atoms with Crippen LogP contribution in [0.4, 0.5) is 0 Å². The second-order valence-corrected chi connectivity index (χ2v) is 3.08. The molecule has 0 aromatic carbocycles. The number of halogens is 1. The minimum Gasteiger partial charge on any atom is -0.478 e. The van der Waals surface area contributed by atoms with Gasteiger partial charge in [-0.2, -0.15) is 5.10 Å². The maximum Gasteiger partial charge on any atom is 0.338 e. The van der Waals surface area contributed by atoms with Crippen LogP contribution >= 0.6 is 11.6 Å². The number of rotatable bonds is 2. The molecule has 7 heteroatoms. The standard InChI is InChI=1S/C8H5ClN4O2/c9-6-1-2-7(12-11-6)13-4-5(3-10-13)8(14)15/h1-4H,(H,14,15). The molecule has 2 heterocycles. The molecule has 6 nitrogen and oxygen atoms in total. The van der Waals surface area contributed by atoms with Crippen molar-refractivity contribution in [3.63, 3.8) is 0 Å². The zero-order valence-corrected chi connectivity index (χ0v) is 8.09. The summed E-state index contributed by atoms with van der Waals surface area (Å²) in [5.41, 5.74) is 0.0896. The van der Waals surface area contributed by atoms with Crippen LogP contribution in [0.2, 0.25) is 5.15 Å². The summed E-state index contributed by atoms with van der Waals surface area (Å²) in [5, 5.41) is 20.1. The van der Waals surface area contributed by atoms with E-state index in [1.807, 2.05) is 0 Å². The Balaban J connectivity index is 2.37. The van der Waals surface area contributed by atoms with Crippen molar-refractivity contribution < 1.29 is 9.90 Å². The Morgan fingerprint density at radius 3 is 2.73 bits per heavy atom. The molecule has 0 saturated carbocycles. The molecule has 2 aromatic heterocycles. The van der Waals surface area contributed by atoms with Crippen molar-refractivity contribution in [1.29, 1.82) is 0 Å². The second-order valence-electron chi connectivity index (χ2n) is 2.69. The van der Waals surface area contributed by atoms with Gasteiger partial charge in [-0.25, -0.2) is 9.48 Å². The molecule has 2 aromatic rings. The van der Waals surface area contributed by atoms with Gasteiger partial charge in [-0.3, -0.25) is 0 Å². The second kappa shape index (κ2) is 3.66. The number of aromatic nitrogens is 4. The highest BCUT2D eigenvalue weighted by Gasteiger charge is 2.07. The van der Waals surface area contributed by atoms with Gasteiger partial charge in [0.15, 0.2) is 11.0 Å². The van der Waals surface area contributed by atoms with E-state index in [9.17, 15) is 4.79 Å². The van der Waals surface area contributed by atoms with Gasteiger partial charge in [0, 0.05) is 6.20 Å². The maximum atomic E-state index is 10.6. The van der Waals surface area contributed by atoms with Crippen LogP contribution in [0.5, 0.6) is 0 Å². The summed E-state index contributed by atoms with van der Waals surface area (Å²) in [7, 11) is 0. The van der Waals surface area contributed by atoms with Crippen LogP contribution in [0, 0.1) is 0 Å². The molecule has 0 aliphatic carbocycles. The number of carboxylic acid groups (broad SMARTS) is 1. The number of aromatic carboxylic acids is 1. The Hall–Kier alpha value is -1.95. The predicted octanol–water partition coefficient (Wildman–Crippen LogP) is 1.01. The largest absolute Gasteiger partial charge is 0.478 e. The Morgan fingerprint density at radius 2 is 2.20 bits per heavy atom. The predicted molar refractivity (Wildman–Crippen MR) is 51.1 cm³/mol. The molecule has 1 N–H and O–H groups in total. The van der Waals surface area contributed by atoms with E-state index in [4.69, 9.17) is 16.7 Å². The van der Waals surface area contributed by atoms with Gasteiger partial charge in [0.1, 0.15) is 0 Å². The number of nitrogens with zero attached hydrogens (tertiary/aromatic N) is 4. The summed E-state index contributed by atoms with van der Waals surface area (Å²) in [6, 6.07) is 3.14. The number of carboxylic acids is 1. The third kappa shape index (κ3) is 1.94. The van der Waals surface area contributed by atoms with Crippen molar-refractivity contribution in [2.24, 2.45) is 0 Å². The fraction of sp³-hybridized carbons (Fsp3) is 0. The lowest BCUT2D eigenvalue weighted by Crippen LogP contribution is -1.99. The Morgan fingerprint density at radius 1 is 1.40 bits per heavy atom. The van der Waals surface area contributed by atoms with Gasteiger partial charge in [-0.05, 0) is 12.1 Å². The molecule has 0 radical (unpaired) electrons. The van der Waals surface area contributed by atoms with Crippen LogP contribution in [-0.4, -0.2) is 31.1 Å². The van der Waals surface area contributed by atoms with Crippen molar-refractivity contribution in [1.82, 2.24) is 20.0 Å². The minimum absolute atomic E-state index is 0.0896. The quantitative estimate of drug-likeness (QED) is 0.824. The molecule has 76 valence electrons. The first-order valence-electron chi connectivity index (χ1n) is 3.94. The molecule has 0 bridgehead atoms. The number of carbonyl (C=O) groups is 1. The van der Waals surface area contributed by atoms with Crippen molar-refractivity contribution in [3.8, 4) is 5.82 Å². The average Bonchev–Trinajstić information content (AvgIpc) is 2.68. The summed E-state index contributed by atoms with van der Waals surface area (Å²) in [5.74, 6) is -0.630. The molecule has 0 aliphatic heterocycles. The molecule has 2 rings (SSSR count). The van der Waals surface area contributed by atoms with Crippen LogP contribution in [-0.2, 0) is 0 Å². The van der Waals surface area contributed by atoms with Gasteiger partial charge in [-0.1, -0.05) is 11.6 Å². The van der Waals surface area contributed by atoms with E-state index < -0.39 is 5.97 Å². The van der Waals surface area contributed by atoms with E-state index >= 15 is 0 Å². The molecule has 0 aliphatic rings. The first kappa shape index (κ1) is 9.60. The smallest absolute Gasteiger partial charge is 0.338 e. The van der Waals surface area contributed by atoms with Crippen LogP contribution in [0.25, 0.3) is 5.82 Å². The van der Waals surface area contributed by atoms with Crippen molar-refractivity contribution in [3.05, 3.63) is 35.2 Å². The molecule has 0 unspecified atom stereocenters. The van der Waals surface area contributed by atoms with Gasteiger partial charge >= 0.3 is 5.97 Å². The Labute approximate surface area is 89.1 Å². The Bertz CT molecular complexity index is 494. The third-order valence-corrected chi connectivity index (χ3v) is 1.88. The molecule has 0 spiro atoms. The number of hydrogen-bond donors (Lipinski definition) is 1. The lowest BCUT2D eigenvalue weighted by atomic mass is 10.4. The normalized spacial score (nSPS) is 10.2. The van der Waals surface area contributed by atoms with Crippen LogP contribution in [0.3, 0.4) is 0 Å². The lowest BCUT2D eigenvalue weighted by Gasteiger charge is -1.97. The van der Waals surface area contributed by atoms with E-state index in [1.165, 1.54) is 17.1 Å². The highest BCUT2D eigenvalue weighted by atomic mass is 35.5. The highest BCUT2D eigenvalue weighted by Crippen LogP contribution is 2.07. The SMILES string of the molecule is O=C(O)c1cnn(-c2ccc(Cl)nn2)c1. The summed E-state index contributed by atoms with van der Waals surface area (Å²) < 4.78 is 1.31. The molecule has 0 fully saturated rings. The van der Waals surface area contributed by atoms with Gasteiger partial charge < -0.3 is 5.11 Å². The molecular weight excluding hydrogens is 220 g/mol. The van der Waals surface area contributed by atoms with Gasteiger partial charge in [0.05, 0.1) is 11.8 Å². The lowest BCUT2D eigenvalue weighted by molar-refractivity contribution is 0.0697. The summed E-state index contributed by atoms with van der Waals surface area (Å²) >= 11 is 5.56. The zero-order valence-electron chi connectivity index (χ0n) is 7.33. The molecule has 0 atom stereocenters. The molecular formula is C8H5ClN4O2. The molecule has 15 heavy (non-hydrogen) atoms. The number of hydrogen-bond acceptors (Lipinski definition) is 4. The minimum atomic E-state index is -1.04. The van der Waals surface area contributed by atoms with E-state index in [0.717, 1.165) is 0 Å². The van der Waals surface area contributed by atoms with Crippen LogP contribution < -0.4 is 0 Å².